The Morgan fingerprint density at radius 2 is 1.78 bits per heavy atom. The first-order chi connectivity index (χ1) is 8.51. The molecule has 5 heteroatoms. The van der Waals surface area contributed by atoms with E-state index < -0.39 is 0 Å². The predicted octanol–water partition coefficient (Wildman–Crippen LogP) is 1.93. The molecule has 0 spiro atoms. The van der Waals surface area contributed by atoms with Crippen LogP contribution in [0.1, 0.15) is 19.4 Å². The number of carbonyl (C=O) groups is 2. The number of benzene rings is 1. The lowest BCUT2D eigenvalue weighted by Gasteiger charge is -2.09. The third-order valence-corrected chi connectivity index (χ3v) is 2.42. The lowest BCUT2D eigenvalue weighted by Crippen LogP contribution is -2.31. The molecule has 0 saturated carbocycles. The highest BCUT2D eigenvalue weighted by Gasteiger charge is 2.05. The molecule has 0 aliphatic rings. The van der Waals surface area contributed by atoms with Crippen LogP contribution < -0.4 is 10.6 Å². The molecule has 2 N–H and O–H groups in total. The van der Waals surface area contributed by atoms with E-state index in [-0.39, 0.29) is 23.7 Å². The first-order valence-corrected chi connectivity index (χ1v) is 6.29. The van der Waals surface area contributed by atoms with Crippen molar-refractivity contribution in [2.24, 2.45) is 0 Å². The van der Waals surface area contributed by atoms with E-state index in [9.17, 15) is 9.59 Å². The fourth-order valence-electron chi connectivity index (χ4n) is 1.46. The van der Waals surface area contributed by atoms with Crippen molar-refractivity contribution >= 4 is 29.1 Å². The largest absolute Gasteiger partial charge is 0.354 e. The molecule has 0 fully saturated rings. The van der Waals surface area contributed by atoms with Gasteiger partial charge in [0.1, 0.15) is 5.88 Å². The fraction of sp³-hybridized carbons (Fsp3) is 0.385. The number of rotatable bonds is 5. The average molecular weight is 269 g/mol. The van der Waals surface area contributed by atoms with Gasteiger partial charge < -0.3 is 10.6 Å². The summed E-state index contributed by atoms with van der Waals surface area (Å²) >= 11 is 5.39. The van der Waals surface area contributed by atoms with Crippen molar-refractivity contribution in [1.29, 1.82) is 0 Å². The van der Waals surface area contributed by atoms with E-state index in [2.05, 4.69) is 10.6 Å². The van der Waals surface area contributed by atoms with E-state index in [1.165, 1.54) is 0 Å². The van der Waals surface area contributed by atoms with Crippen LogP contribution in [0.5, 0.6) is 0 Å². The molecule has 0 unspecified atom stereocenters. The topological polar surface area (TPSA) is 58.2 Å². The lowest BCUT2D eigenvalue weighted by molar-refractivity contribution is -0.121. The summed E-state index contributed by atoms with van der Waals surface area (Å²) in [6, 6.07) is 7.26. The molecule has 0 heterocycles. The first kappa shape index (κ1) is 14.5. The van der Waals surface area contributed by atoms with Gasteiger partial charge in [-0.3, -0.25) is 9.59 Å². The highest BCUT2D eigenvalue weighted by Crippen LogP contribution is 2.10. The Morgan fingerprint density at radius 3 is 2.28 bits per heavy atom. The monoisotopic (exact) mass is 268 g/mol. The SMILES string of the molecule is CC(C)NC(=O)Cc1ccc(NC(=O)CCl)cc1. The van der Waals surface area contributed by atoms with Crippen LogP contribution in [0.15, 0.2) is 24.3 Å². The number of carbonyl (C=O) groups excluding carboxylic acids is 2. The van der Waals surface area contributed by atoms with Gasteiger partial charge in [0, 0.05) is 11.7 Å². The number of anilines is 1. The highest BCUT2D eigenvalue weighted by molar-refractivity contribution is 6.29. The summed E-state index contributed by atoms with van der Waals surface area (Å²) < 4.78 is 0. The zero-order chi connectivity index (χ0) is 13.5. The Balaban J connectivity index is 2.55. The molecule has 0 radical (unpaired) electrons. The molecule has 0 atom stereocenters. The Labute approximate surface area is 112 Å². The molecule has 18 heavy (non-hydrogen) atoms. The Bertz CT molecular complexity index is 416. The van der Waals surface area contributed by atoms with Gasteiger partial charge in [-0.1, -0.05) is 12.1 Å². The molecule has 4 nitrogen and oxygen atoms in total. The normalized spacial score (nSPS) is 10.2. The maximum absolute atomic E-state index is 11.5. The van der Waals surface area contributed by atoms with Gasteiger partial charge >= 0.3 is 0 Å². The van der Waals surface area contributed by atoms with Crippen molar-refractivity contribution in [2.45, 2.75) is 26.3 Å². The molecule has 1 rings (SSSR count). The molecule has 0 saturated heterocycles. The van der Waals surface area contributed by atoms with Crippen molar-refractivity contribution in [1.82, 2.24) is 5.32 Å². The van der Waals surface area contributed by atoms with Crippen LogP contribution in [-0.2, 0) is 16.0 Å². The highest BCUT2D eigenvalue weighted by atomic mass is 35.5. The zero-order valence-corrected chi connectivity index (χ0v) is 11.3. The molecule has 1 aromatic rings. The number of alkyl halides is 1. The van der Waals surface area contributed by atoms with Gasteiger partial charge in [0.05, 0.1) is 6.42 Å². The lowest BCUT2D eigenvalue weighted by atomic mass is 10.1. The first-order valence-electron chi connectivity index (χ1n) is 5.75. The Morgan fingerprint density at radius 1 is 1.17 bits per heavy atom. The van der Waals surface area contributed by atoms with Crippen LogP contribution in [0.4, 0.5) is 5.69 Å². The number of nitrogens with one attached hydrogen (secondary N) is 2. The summed E-state index contributed by atoms with van der Waals surface area (Å²) in [5.41, 5.74) is 1.57. The van der Waals surface area contributed by atoms with E-state index in [0.717, 1.165) is 5.56 Å². The predicted molar refractivity (Wildman–Crippen MR) is 72.8 cm³/mol. The summed E-state index contributed by atoms with van der Waals surface area (Å²) in [6.45, 7) is 3.84. The van der Waals surface area contributed by atoms with Crippen LogP contribution in [0.2, 0.25) is 0 Å². The van der Waals surface area contributed by atoms with Crippen LogP contribution in [0.25, 0.3) is 0 Å². The van der Waals surface area contributed by atoms with Gasteiger partial charge in [-0.2, -0.15) is 0 Å². The van der Waals surface area contributed by atoms with Gasteiger partial charge in [-0.05, 0) is 31.5 Å². The summed E-state index contributed by atoms with van der Waals surface area (Å²) in [4.78, 5) is 22.6. The number of hydrogen-bond acceptors (Lipinski definition) is 2. The van der Waals surface area contributed by atoms with Crippen LogP contribution >= 0.6 is 11.6 Å². The molecule has 2 amide bonds. The van der Waals surface area contributed by atoms with Gasteiger partial charge in [0.2, 0.25) is 11.8 Å². The Kier molecular flexibility index (Phi) is 5.65. The fourth-order valence-corrected chi connectivity index (χ4v) is 1.53. The quantitative estimate of drug-likeness (QED) is 0.802. The molecule has 98 valence electrons. The van der Waals surface area contributed by atoms with Gasteiger partial charge in [-0.15, -0.1) is 11.6 Å². The smallest absolute Gasteiger partial charge is 0.239 e. The van der Waals surface area contributed by atoms with E-state index in [4.69, 9.17) is 11.6 Å². The van der Waals surface area contributed by atoms with Crippen molar-refractivity contribution < 1.29 is 9.59 Å². The summed E-state index contributed by atoms with van der Waals surface area (Å²) in [5, 5.41) is 5.45. The second-order valence-electron chi connectivity index (χ2n) is 4.28. The molecule has 0 bridgehead atoms. The molecule has 0 aliphatic heterocycles. The summed E-state index contributed by atoms with van der Waals surface area (Å²) in [5.74, 6) is -0.331. The molecular weight excluding hydrogens is 252 g/mol. The van der Waals surface area contributed by atoms with Crippen molar-refractivity contribution in [3.05, 3.63) is 29.8 Å². The van der Waals surface area contributed by atoms with Crippen LogP contribution in [0, 0.1) is 0 Å². The Hall–Kier alpha value is -1.55. The standard InChI is InChI=1S/C13H17ClN2O2/c1-9(2)15-12(17)7-10-3-5-11(6-4-10)16-13(18)8-14/h3-6,9H,7-8H2,1-2H3,(H,15,17)(H,16,18). The number of amides is 2. The second-order valence-corrected chi connectivity index (χ2v) is 4.54. The molecule has 0 aromatic heterocycles. The van der Waals surface area contributed by atoms with Crippen molar-refractivity contribution in [3.8, 4) is 0 Å². The maximum Gasteiger partial charge on any atom is 0.239 e. The zero-order valence-electron chi connectivity index (χ0n) is 10.5. The minimum Gasteiger partial charge on any atom is -0.354 e. The van der Waals surface area contributed by atoms with Crippen molar-refractivity contribution in [3.63, 3.8) is 0 Å². The average Bonchev–Trinajstić information content (AvgIpc) is 2.30. The van der Waals surface area contributed by atoms with Gasteiger partial charge in [0.25, 0.3) is 0 Å². The van der Waals surface area contributed by atoms with E-state index in [1.54, 1.807) is 12.1 Å². The number of halogens is 1. The molecule has 0 aliphatic carbocycles. The summed E-state index contributed by atoms with van der Waals surface area (Å²) in [6.07, 6.45) is 0.335. The second kappa shape index (κ2) is 7.01. The van der Waals surface area contributed by atoms with E-state index in [1.807, 2.05) is 26.0 Å². The number of hydrogen-bond donors (Lipinski definition) is 2. The van der Waals surface area contributed by atoms with E-state index >= 15 is 0 Å². The van der Waals surface area contributed by atoms with Crippen LogP contribution in [0.3, 0.4) is 0 Å². The minimum absolute atomic E-state index is 0.0115. The maximum atomic E-state index is 11.5. The van der Waals surface area contributed by atoms with E-state index in [0.29, 0.717) is 12.1 Å². The third-order valence-electron chi connectivity index (χ3n) is 2.17. The van der Waals surface area contributed by atoms with Crippen molar-refractivity contribution in [2.75, 3.05) is 11.2 Å². The minimum atomic E-state index is -0.248. The molecular formula is C13H17ClN2O2. The van der Waals surface area contributed by atoms with Gasteiger partial charge in [-0.25, -0.2) is 0 Å². The third kappa shape index (κ3) is 5.19. The van der Waals surface area contributed by atoms with Gasteiger partial charge in [0.15, 0.2) is 0 Å². The summed E-state index contributed by atoms with van der Waals surface area (Å²) in [7, 11) is 0. The molecule has 1 aromatic carbocycles. The van der Waals surface area contributed by atoms with Crippen LogP contribution in [-0.4, -0.2) is 23.7 Å².